The highest BCUT2D eigenvalue weighted by atomic mass is 19.4. The van der Waals surface area contributed by atoms with Gasteiger partial charge in [0.1, 0.15) is 0 Å². The largest absolute Gasteiger partial charge is 0.389 e. The van der Waals surface area contributed by atoms with Crippen molar-refractivity contribution in [1.82, 2.24) is 10.2 Å². The van der Waals surface area contributed by atoms with E-state index in [1.165, 1.54) is 12.8 Å². The summed E-state index contributed by atoms with van der Waals surface area (Å²) in [4.78, 5) is 2.39. The number of nitrogens with one attached hydrogen (secondary N) is 1. The fourth-order valence-corrected chi connectivity index (χ4v) is 2.04. The Bertz CT molecular complexity index is 188. The quantitative estimate of drug-likeness (QED) is 0.715. The molecule has 1 aliphatic heterocycles. The van der Waals surface area contributed by atoms with Gasteiger partial charge in [-0.1, -0.05) is 0 Å². The van der Waals surface area contributed by atoms with Crippen molar-refractivity contribution in [3.63, 3.8) is 0 Å². The third-order valence-electron chi connectivity index (χ3n) is 3.02. The van der Waals surface area contributed by atoms with E-state index >= 15 is 0 Å². The minimum Gasteiger partial charge on any atom is -0.315 e. The second-order valence-corrected chi connectivity index (χ2v) is 4.51. The van der Waals surface area contributed by atoms with Gasteiger partial charge < -0.3 is 5.32 Å². The third-order valence-corrected chi connectivity index (χ3v) is 3.02. The smallest absolute Gasteiger partial charge is 0.315 e. The van der Waals surface area contributed by atoms with Gasteiger partial charge >= 0.3 is 6.18 Å². The zero-order valence-corrected chi connectivity index (χ0v) is 9.82. The van der Waals surface area contributed by atoms with Gasteiger partial charge in [-0.05, 0) is 45.8 Å². The zero-order valence-electron chi connectivity index (χ0n) is 9.82. The minimum atomic E-state index is -4.01. The van der Waals surface area contributed by atoms with Crippen LogP contribution in [-0.4, -0.2) is 43.3 Å². The zero-order chi connectivity index (χ0) is 12.0. The Hall–Kier alpha value is -0.290. The van der Waals surface area contributed by atoms with E-state index in [0.717, 1.165) is 19.6 Å². The highest BCUT2D eigenvalue weighted by molar-refractivity contribution is 4.74. The Morgan fingerprint density at radius 3 is 2.44 bits per heavy atom. The van der Waals surface area contributed by atoms with E-state index in [-0.39, 0.29) is 6.42 Å². The highest BCUT2D eigenvalue weighted by Gasteiger charge is 2.25. The van der Waals surface area contributed by atoms with Crippen LogP contribution in [0.15, 0.2) is 0 Å². The molecule has 1 aliphatic rings. The molecule has 1 saturated heterocycles. The maximum atomic E-state index is 11.9. The van der Waals surface area contributed by atoms with Crippen LogP contribution in [0.5, 0.6) is 0 Å². The molecule has 1 rings (SSSR count). The van der Waals surface area contributed by atoms with Gasteiger partial charge in [-0.25, -0.2) is 0 Å². The lowest BCUT2D eigenvalue weighted by Gasteiger charge is -2.23. The fourth-order valence-electron chi connectivity index (χ4n) is 2.04. The van der Waals surface area contributed by atoms with Crippen molar-refractivity contribution in [2.45, 2.75) is 44.8 Å². The predicted octanol–water partition coefficient (Wildman–Crippen LogP) is 2.40. The van der Waals surface area contributed by atoms with Crippen molar-refractivity contribution in [3.8, 4) is 0 Å². The maximum absolute atomic E-state index is 11.9. The molecule has 96 valence electrons. The van der Waals surface area contributed by atoms with Crippen LogP contribution in [0.3, 0.4) is 0 Å². The van der Waals surface area contributed by atoms with E-state index in [0.29, 0.717) is 12.6 Å². The van der Waals surface area contributed by atoms with Gasteiger partial charge in [-0.3, -0.25) is 4.90 Å². The van der Waals surface area contributed by atoms with Gasteiger partial charge in [0.25, 0.3) is 0 Å². The SMILES string of the molecule is CC(CNCCCC(F)(F)F)N1CCCC1. The fraction of sp³-hybridized carbons (Fsp3) is 1.00. The van der Waals surface area contributed by atoms with E-state index in [1.807, 2.05) is 0 Å². The van der Waals surface area contributed by atoms with Crippen LogP contribution in [0.4, 0.5) is 13.2 Å². The molecule has 0 aromatic heterocycles. The molecular weight excluding hydrogens is 217 g/mol. The lowest BCUT2D eigenvalue weighted by atomic mass is 10.2. The van der Waals surface area contributed by atoms with Crippen LogP contribution in [0.2, 0.25) is 0 Å². The molecule has 1 unspecified atom stereocenters. The molecule has 0 aromatic carbocycles. The van der Waals surface area contributed by atoms with Crippen LogP contribution in [-0.2, 0) is 0 Å². The maximum Gasteiger partial charge on any atom is 0.389 e. The summed E-state index contributed by atoms with van der Waals surface area (Å²) in [5.41, 5.74) is 0. The summed E-state index contributed by atoms with van der Waals surface area (Å²) >= 11 is 0. The van der Waals surface area contributed by atoms with E-state index in [4.69, 9.17) is 0 Å². The number of rotatable bonds is 6. The summed E-state index contributed by atoms with van der Waals surface area (Å²) in [7, 11) is 0. The molecule has 2 nitrogen and oxygen atoms in total. The molecule has 0 spiro atoms. The number of likely N-dealkylation sites (tertiary alicyclic amines) is 1. The molecule has 0 amide bonds. The van der Waals surface area contributed by atoms with Crippen molar-refractivity contribution in [3.05, 3.63) is 0 Å². The molecule has 1 heterocycles. The average molecular weight is 238 g/mol. The van der Waals surface area contributed by atoms with Crippen molar-refractivity contribution in [1.29, 1.82) is 0 Å². The first-order valence-corrected chi connectivity index (χ1v) is 6.00. The number of hydrogen-bond acceptors (Lipinski definition) is 2. The van der Waals surface area contributed by atoms with Gasteiger partial charge in [0, 0.05) is 19.0 Å². The van der Waals surface area contributed by atoms with Gasteiger partial charge in [0.05, 0.1) is 0 Å². The minimum absolute atomic E-state index is 0.177. The van der Waals surface area contributed by atoms with E-state index < -0.39 is 12.6 Å². The number of halogens is 3. The lowest BCUT2D eigenvalue weighted by molar-refractivity contribution is -0.135. The topological polar surface area (TPSA) is 15.3 Å². The van der Waals surface area contributed by atoms with Crippen LogP contribution < -0.4 is 5.32 Å². The summed E-state index contributed by atoms with van der Waals surface area (Å²) in [6, 6.07) is 0.438. The van der Waals surface area contributed by atoms with Crippen LogP contribution in [0, 0.1) is 0 Å². The molecule has 0 radical (unpaired) electrons. The summed E-state index contributed by atoms with van der Waals surface area (Å²) in [6.45, 7) is 5.63. The first-order chi connectivity index (χ1) is 7.49. The van der Waals surface area contributed by atoms with E-state index in [2.05, 4.69) is 17.1 Å². The Balaban J connectivity index is 1.98. The Labute approximate surface area is 95.2 Å². The molecule has 0 aromatic rings. The van der Waals surface area contributed by atoms with Gasteiger partial charge in [-0.2, -0.15) is 13.2 Å². The lowest BCUT2D eigenvalue weighted by Crippen LogP contribution is -2.38. The van der Waals surface area contributed by atoms with E-state index in [1.54, 1.807) is 0 Å². The second kappa shape index (κ2) is 6.45. The van der Waals surface area contributed by atoms with Crippen LogP contribution in [0.25, 0.3) is 0 Å². The predicted molar refractivity (Wildman–Crippen MR) is 58.4 cm³/mol. The molecule has 0 aliphatic carbocycles. The molecule has 1 atom stereocenters. The van der Waals surface area contributed by atoms with Crippen molar-refractivity contribution < 1.29 is 13.2 Å². The number of alkyl halides is 3. The average Bonchev–Trinajstić information content (AvgIpc) is 2.67. The van der Waals surface area contributed by atoms with Gasteiger partial charge in [0.2, 0.25) is 0 Å². The van der Waals surface area contributed by atoms with Crippen LogP contribution >= 0.6 is 0 Å². The highest BCUT2D eigenvalue weighted by Crippen LogP contribution is 2.20. The molecule has 1 fully saturated rings. The van der Waals surface area contributed by atoms with E-state index in [9.17, 15) is 13.2 Å². The first kappa shape index (κ1) is 13.8. The molecule has 1 N–H and O–H groups in total. The number of nitrogens with zero attached hydrogens (tertiary/aromatic N) is 1. The Kier molecular flexibility index (Phi) is 5.55. The Morgan fingerprint density at radius 1 is 1.25 bits per heavy atom. The second-order valence-electron chi connectivity index (χ2n) is 4.51. The van der Waals surface area contributed by atoms with Crippen molar-refractivity contribution >= 4 is 0 Å². The normalized spacial score (nSPS) is 20.2. The summed E-state index contributed by atoms with van der Waals surface area (Å²) in [5, 5.41) is 3.09. The summed E-state index contributed by atoms with van der Waals surface area (Å²) in [5.74, 6) is 0. The first-order valence-electron chi connectivity index (χ1n) is 6.00. The van der Waals surface area contributed by atoms with Crippen molar-refractivity contribution in [2.75, 3.05) is 26.2 Å². The summed E-state index contributed by atoms with van der Waals surface area (Å²) in [6.07, 6.45) is -2.02. The molecular formula is C11H21F3N2. The van der Waals surface area contributed by atoms with Crippen molar-refractivity contribution in [2.24, 2.45) is 0 Å². The molecule has 0 saturated carbocycles. The Morgan fingerprint density at radius 2 is 1.88 bits per heavy atom. The van der Waals surface area contributed by atoms with Gasteiger partial charge in [-0.15, -0.1) is 0 Å². The molecule has 5 heteroatoms. The number of hydrogen-bond donors (Lipinski definition) is 1. The standard InChI is InChI=1S/C11H21F3N2/c1-10(16-7-2-3-8-16)9-15-6-4-5-11(12,13)14/h10,15H,2-9H2,1H3. The van der Waals surface area contributed by atoms with Gasteiger partial charge in [0.15, 0.2) is 0 Å². The molecule has 16 heavy (non-hydrogen) atoms. The monoisotopic (exact) mass is 238 g/mol. The van der Waals surface area contributed by atoms with Crippen LogP contribution in [0.1, 0.15) is 32.6 Å². The summed E-state index contributed by atoms with van der Waals surface area (Å²) < 4.78 is 35.6. The third kappa shape index (κ3) is 5.70. The molecule has 0 bridgehead atoms.